The van der Waals surface area contributed by atoms with Gasteiger partial charge in [0.2, 0.25) is 0 Å². The molecule has 2 unspecified atom stereocenters. The molecule has 0 amide bonds. The van der Waals surface area contributed by atoms with E-state index in [1.807, 2.05) is 12.1 Å². The van der Waals surface area contributed by atoms with Gasteiger partial charge in [-0.05, 0) is 49.3 Å². The van der Waals surface area contributed by atoms with E-state index in [2.05, 4.69) is 12.1 Å². The molecule has 2 fully saturated rings. The molecule has 1 aromatic carbocycles. The molecule has 3 heteroatoms. The highest BCUT2D eigenvalue weighted by Crippen LogP contribution is 2.39. The van der Waals surface area contributed by atoms with Gasteiger partial charge in [-0.3, -0.25) is 0 Å². The molecule has 0 heterocycles. The molecule has 0 radical (unpaired) electrons. The van der Waals surface area contributed by atoms with Crippen molar-refractivity contribution in [2.75, 3.05) is 7.11 Å². The van der Waals surface area contributed by atoms with Gasteiger partial charge in [0.25, 0.3) is 0 Å². The first-order valence-electron chi connectivity index (χ1n) is 6.83. The second kappa shape index (κ2) is 4.90. The van der Waals surface area contributed by atoms with E-state index in [-0.39, 0.29) is 12.1 Å². The van der Waals surface area contributed by atoms with E-state index in [4.69, 9.17) is 15.2 Å². The van der Waals surface area contributed by atoms with Crippen molar-refractivity contribution in [2.24, 2.45) is 11.7 Å². The molecular formula is C15H21NO2. The van der Waals surface area contributed by atoms with Gasteiger partial charge in [0, 0.05) is 7.11 Å². The van der Waals surface area contributed by atoms with Crippen LogP contribution >= 0.6 is 0 Å². The quantitative estimate of drug-likeness (QED) is 0.840. The number of methoxy groups -OCH3 is 1. The second-order valence-corrected chi connectivity index (χ2v) is 5.45. The largest absolute Gasteiger partial charge is 0.490 e. The van der Waals surface area contributed by atoms with Crippen molar-refractivity contribution >= 4 is 0 Å². The topological polar surface area (TPSA) is 44.5 Å². The standard InChI is InChI=1S/C15H21NO2/c1-17-15(10-5-6-10)14(16)11-3-2-4-13(9-11)18-12-7-8-12/h2-4,9-10,12,14-15H,5-8,16H2,1H3. The maximum atomic E-state index is 6.33. The van der Waals surface area contributed by atoms with E-state index in [0.29, 0.717) is 12.0 Å². The minimum atomic E-state index is -0.0507. The van der Waals surface area contributed by atoms with Crippen LogP contribution in [0.25, 0.3) is 0 Å². The van der Waals surface area contributed by atoms with E-state index < -0.39 is 0 Å². The molecule has 3 nitrogen and oxygen atoms in total. The molecule has 2 atom stereocenters. The zero-order valence-electron chi connectivity index (χ0n) is 10.8. The first-order valence-corrected chi connectivity index (χ1v) is 6.83. The zero-order valence-corrected chi connectivity index (χ0v) is 10.8. The van der Waals surface area contributed by atoms with Crippen molar-refractivity contribution in [1.82, 2.24) is 0 Å². The Balaban J connectivity index is 1.72. The first-order chi connectivity index (χ1) is 8.78. The maximum Gasteiger partial charge on any atom is 0.120 e. The third-order valence-corrected chi connectivity index (χ3v) is 3.78. The second-order valence-electron chi connectivity index (χ2n) is 5.45. The van der Waals surface area contributed by atoms with E-state index in [1.165, 1.54) is 25.7 Å². The summed E-state index contributed by atoms with van der Waals surface area (Å²) in [4.78, 5) is 0. The Hall–Kier alpha value is -1.06. The molecule has 0 bridgehead atoms. The van der Waals surface area contributed by atoms with Crippen molar-refractivity contribution in [3.8, 4) is 5.75 Å². The van der Waals surface area contributed by atoms with Crippen LogP contribution in [0, 0.1) is 5.92 Å². The summed E-state index contributed by atoms with van der Waals surface area (Å²) in [5.74, 6) is 1.58. The molecule has 2 N–H and O–H groups in total. The highest BCUT2D eigenvalue weighted by Gasteiger charge is 2.36. The lowest BCUT2D eigenvalue weighted by molar-refractivity contribution is 0.0623. The Bertz CT molecular complexity index is 413. The van der Waals surface area contributed by atoms with Crippen LogP contribution in [0.15, 0.2) is 24.3 Å². The van der Waals surface area contributed by atoms with Gasteiger partial charge in [0.05, 0.1) is 18.2 Å². The van der Waals surface area contributed by atoms with Crippen LogP contribution in [0.3, 0.4) is 0 Å². The van der Waals surface area contributed by atoms with E-state index in [0.717, 1.165) is 11.3 Å². The van der Waals surface area contributed by atoms with Crippen LogP contribution in [0.1, 0.15) is 37.3 Å². The normalized spacial score (nSPS) is 22.6. The summed E-state index contributed by atoms with van der Waals surface area (Å²) in [6, 6.07) is 8.11. The van der Waals surface area contributed by atoms with Gasteiger partial charge in [-0.25, -0.2) is 0 Å². The number of benzene rings is 1. The van der Waals surface area contributed by atoms with Crippen molar-refractivity contribution in [3.05, 3.63) is 29.8 Å². The molecule has 18 heavy (non-hydrogen) atoms. The smallest absolute Gasteiger partial charge is 0.120 e. The van der Waals surface area contributed by atoms with Gasteiger partial charge in [-0.1, -0.05) is 12.1 Å². The van der Waals surface area contributed by atoms with Gasteiger partial charge in [-0.15, -0.1) is 0 Å². The van der Waals surface area contributed by atoms with Gasteiger partial charge >= 0.3 is 0 Å². The molecular weight excluding hydrogens is 226 g/mol. The van der Waals surface area contributed by atoms with Crippen LogP contribution in [0.5, 0.6) is 5.75 Å². The van der Waals surface area contributed by atoms with E-state index in [1.54, 1.807) is 7.11 Å². The average Bonchev–Trinajstić information content (AvgIpc) is 3.24. The average molecular weight is 247 g/mol. The maximum absolute atomic E-state index is 6.33. The SMILES string of the molecule is COC(C1CC1)C(N)c1cccc(OC2CC2)c1. The highest BCUT2D eigenvalue weighted by molar-refractivity contribution is 5.31. The summed E-state index contributed by atoms with van der Waals surface area (Å²) >= 11 is 0. The molecule has 2 saturated carbocycles. The number of hydrogen-bond acceptors (Lipinski definition) is 3. The molecule has 3 rings (SSSR count). The van der Waals surface area contributed by atoms with Crippen molar-refractivity contribution in [3.63, 3.8) is 0 Å². The van der Waals surface area contributed by atoms with E-state index in [9.17, 15) is 0 Å². The lowest BCUT2D eigenvalue weighted by Crippen LogP contribution is -2.29. The number of hydrogen-bond donors (Lipinski definition) is 1. The van der Waals surface area contributed by atoms with Crippen molar-refractivity contribution in [1.29, 1.82) is 0 Å². The Morgan fingerprint density at radius 1 is 1.22 bits per heavy atom. The summed E-state index contributed by atoms with van der Waals surface area (Å²) < 4.78 is 11.4. The zero-order chi connectivity index (χ0) is 12.5. The first kappa shape index (κ1) is 12.0. The Morgan fingerprint density at radius 3 is 2.61 bits per heavy atom. The monoisotopic (exact) mass is 247 g/mol. The van der Waals surface area contributed by atoms with Crippen LogP contribution < -0.4 is 10.5 Å². The Labute approximate surface area is 108 Å². The Kier molecular flexibility index (Phi) is 3.27. The summed E-state index contributed by atoms with van der Waals surface area (Å²) in [6.45, 7) is 0. The molecule has 98 valence electrons. The molecule has 2 aliphatic carbocycles. The minimum absolute atomic E-state index is 0.0507. The molecule has 0 saturated heterocycles. The molecule has 2 aliphatic rings. The van der Waals surface area contributed by atoms with Crippen molar-refractivity contribution < 1.29 is 9.47 Å². The van der Waals surface area contributed by atoms with Crippen LogP contribution in [0.2, 0.25) is 0 Å². The molecule has 0 aromatic heterocycles. The fraction of sp³-hybridized carbons (Fsp3) is 0.600. The van der Waals surface area contributed by atoms with Crippen LogP contribution in [0.4, 0.5) is 0 Å². The van der Waals surface area contributed by atoms with Crippen LogP contribution in [-0.2, 0) is 4.74 Å². The fourth-order valence-corrected chi connectivity index (χ4v) is 2.42. The lowest BCUT2D eigenvalue weighted by Gasteiger charge is -2.23. The summed E-state index contributed by atoms with van der Waals surface area (Å²) in [7, 11) is 1.76. The minimum Gasteiger partial charge on any atom is -0.490 e. The number of rotatable bonds is 6. The lowest BCUT2D eigenvalue weighted by atomic mass is 9.99. The molecule has 0 aliphatic heterocycles. The summed E-state index contributed by atoms with van der Waals surface area (Å²) in [5.41, 5.74) is 7.44. The van der Waals surface area contributed by atoms with Gasteiger partial charge < -0.3 is 15.2 Å². The van der Waals surface area contributed by atoms with Gasteiger partial charge in [0.15, 0.2) is 0 Å². The molecule has 1 aromatic rings. The third-order valence-electron chi connectivity index (χ3n) is 3.78. The number of nitrogens with two attached hydrogens (primary N) is 1. The predicted octanol–water partition coefficient (Wildman–Crippen LogP) is 2.65. The Morgan fingerprint density at radius 2 is 2.00 bits per heavy atom. The highest BCUT2D eigenvalue weighted by atomic mass is 16.5. The van der Waals surface area contributed by atoms with Gasteiger partial charge in [-0.2, -0.15) is 0 Å². The molecule has 0 spiro atoms. The summed E-state index contributed by atoms with van der Waals surface area (Å²) in [5, 5.41) is 0. The van der Waals surface area contributed by atoms with Crippen molar-refractivity contribution in [2.45, 2.75) is 43.9 Å². The summed E-state index contributed by atoms with van der Waals surface area (Å²) in [6.07, 6.45) is 5.41. The predicted molar refractivity (Wildman–Crippen MR) is 70.5 cm³/mol. The third kappa shape index (κ3) is 2.68. The number of ether oxygens (including phenoxy) is 2. The van der Waals surface area contributed by atoms with E-state index >= 15 is 0 Å². The fourth-order valence-electron chi connectivity index (χ4n) is 2.42. The van der Waals surface area contributed by atoms with Gasteiger partial charge in [0.1, 0.15) is 5.75 Å². The van der Waals surface area contributed by atoms with Crippen LogP contribution in [-0.4, -0.2) is 19.3 Å².